The number of halogens is 1. The third-order valence-electron chi connectivity index (χ3n) is 6.04. The van der Waals surface area contributed by atoms with Crippen molar-refractivity contribution in [2.45, 2.75) is 12.6 Å². The monoisotopic (exact) mass is 525 g/mol. The Bertz CT molecular complexity index is 1250. The van der Waals surface area contributed by atoms with Crippen molar-refractivity contribution in [1.29, 1.82) is 0 Å². The summed E-state index contributed by atoms with van der Waals surface area (Å²) in [5, 5.41) is 0. The lowest BCUT2D eigenvalue weighted by atomic mass is 10.2. The molecule has 0 saturated carbocycles. The minimum atomic E-state index is -0.499. The molecule has 36 heavy (non-hydrogen) atoms. The number of carbonyl (C=O) groups excluding carboxylic acids is 3. The Morgan fingerprint density at radius 3 is 2.39 bits per heavy atom. The van der Waals surface area contributed by atoms with Crippen molar-refractivity contribution in [2.24, 2.45) is 0 Å². The molecule has 0 spiro atoms. The van der Waals surface area contributed by atoms with Crippen LogP contribution in [-0.4, -0.2) is 61.8 Å². The predicted molar refractivity (Wildman–Crippen MR) is 138 cm³/mol. The second kappa shape index (κ2) is 10.7. The molecule has 1 atom stereocenters. The summed E-state index contributed by atoms with van der Waals surface area (Å²) in [6, 6.07) is 20.3. The smallest absolute Gasteiger partial charge is 0.414 e. The van der Waals surface area contributed by atoms with Crippen LogP contribution in [0.15, 0.2) is 66.7 Å². The number of amides is 3. The maximum absolute atomic E-state index is 13.3. The maximum atomic E-state index is 13.3. The van der Waals surface area contributed by atoms with Crippen LogP contribution in [0.5, 0.6) is 0 Å². The second-order valence-electron chi connectivity index (χ2n) is 8.51. The van der Waals surface area contributed by atoms with Crippen LogP contribution in [0.2, 0.25) is 4.34 Å². The number of thiophene rings is 1. The van der Waals surface area contributed by atoms with Crippen LogP contribution in [0.25, 0.3) is 0 Å². The molecule has 3 amide bonds. The number of anilines is 2. The molecule has 8 nitrogen and oxygen atoms in total. The highest BCUT2D eigenvalue weighted by molar-refractivity contribution is 7.17. The number of cyclic esters (lactones) is 1. The highest BCUT2D eigenvalue weighted by Crippen LogP contribution is 2.27. The molecule has 0 unspecified atom stereocenters. The zero-order chi connectivity index (χ0) is 25.1. The molecule has 5 rings (SSSR count). The van der Waals surface area contributed by atoms with Crippen molar-refractivity contribution in [2.75, 3.05) is 42.6 Å². The number of ether oxygens (including phenoxy) is 2. The minimum absolute atomic E-state index is 0.0672. The average Bonchev–Trinajstić information content (AvgIpc) is 3.49. The number of nitrogens with zero attached hydrogens (tertiary/aromatic N) is 3. The predicted octanol–water partition coefficient (Wildman–Crippen LogP) is 4.43. The zero-order valence-corrected chi connectivity index (χ0v) is 20.9. The summed E-state index contributed by atoms with van der Waals surface area (Å²) in [4.78, 5) is 43.5. The SMILES string of the molecule is O=C(c1ccc(Cl)s1)N(Cc1ccccc1)C[C@H]1CN(c2ccc(N3CCOCC3=O)cc2)C(=O)O1. The van der Waals surface area contributed by atoms with Gasteiger partial charge in [-0.15, -0.1) is 11.3 Å². The van der Waals surface area contributed by atoms with E-state index in [1.165, 1.54) is 11.3 Å². The molecular formula is C26H24ClN3O5S. The first kappa shape index (κ1) is 24.3. The third kappa shape index (κ3) is 5.38. The summed E-state index contributed by atoms with van der Waals surface area (Å²) in [6.45, 7) is 1.98. The lowest BCUT2D eigenvalue weighted by molar-refractivity contribution is -0.125. The first-order valence-electron chi connectivity index (χ1n) is 11.5. The van der Waals surface area contributed by atoms with E-state index < -0.39 is 12.2 Å². The molecule has 10 heteroatoms. The number of hydrogen-bond donors (Lipinski definition) is 0. The Morgan fingerprint density at radius 1 is 1.00 bits per heavy atom. The van der Waals surface area contributed by atoms with Gasteiger partial charge in [0.1, 0.15) is 12.7 Å². The van der Waals surface area contributed by atoms with E-state index in [2.05, 4.69) is 0 Å². The van der Waals surface area contributed by atoms with Gasteiger partial charge in [-0.3, -0.25) is 14.5 Å². The summed E-state index contributed by atoms with van der Waals surface area (Å²) in [6.07, 6.45) is -0.970. The first-order valence-corrected chi connectivity index (χ1v) is 12.7. The average molecular weight is 526 g/mol. The van der Waals surface area contributed by atoms with Crippen LogP contribution < -0.4 is 9.80 Å². The second-order valence-corrected chi connectivity index (χ2v) is 10.2. The fourth-order valence-electron chi connectivity index (χ4n) is 4.28. The van der Waals surface area contributed by atoms with Gasteiger partial charge in [0.2, 0.25) is 0 Å². The van der Waals surface area contributed by atoms with Crippen molar-refractivity contribution in [3.05, 3.63) is 81.5 Å². The molecule has 2 saturated heterocycles. The molecule has 2 fully saturated rings. The van der Waals surface area contributed by atoms with Gasteiger partial charge in [-0.2, -0.15) is 0 Å². The Labute approximate surface area is 217 Å². The fourth-order valence-corrected chi connectivity index (χ4v) is 5.30. The van der Waals surface area contributed by atoms with Crippen LogP contribution in [0.4, 0.5) is 16.2 Å². The Balaban J connectivity index is 1.29. The van der Waals surface area contributed by atoms with Crippen molar-refractivity contribution in [3.63, 3.8) is 0 Å². The summed E-state index contributed by atoms with van der Waals surface area (Å²) in [5.74, 6) is -0.255. The van der Waals surface area contributed by atoms with E-state index in [1.54, 1.807) is 39.0 Å². The van der Waals surface area contributed by atoms with E-state index >= 15 is 0 Å². The van der Waals surface area contributed by atoms with Crippen LogP contribution in [0.3, 0.4) is 0 Å². The summed E-state index contributed by atoms with van der Waals surface area (Å²) < 4.78 is 11.4. The Hall–Kier alpha value is -3.40. The number of rotatable bonds is 7. The quantitative estimate of drug-likeness (QED) is 0.456. The molecule has 0 bridgehead atoms. The number of benzene rings is 2. The Morgan fingerprint density at radius 2 is 1.72 bits per heavy atom. The van der Waals surface area contributed by atoms with Gasteiger partial charge in [-0.25, -0.2) is 4.79 Å². The van der Waals surface area contributed by atoms with Crippen molar-refractivity contribution in [1.82, 2.24) is 4.90 Å². The number of hydrogen-bond acceptors (Lipinski definition) is 6. The number of morpholine rings is 1. The topological polar surface area (TPSA) is 79.4 Å². The van der Waals surface area contributed by atoms with Gasteiger partial charge in [0.05, 0.1) is 28.9 Å². The van der Waals surface area contributed by atoms with Gasteiger partial charge < -0.3 is 19.3 Å². The van der Waals surface area contributed by atoms with E-state index in [4.69, 9.17) is 21.1 Å². The molecular weight excluding hydrogens is 502 g/mol. The molecule has 0 aliphatic carbocycles. The van der Waals surface area contributed by atoms with Crippen LogP contribution in [-0.2, 0) is 20.8 Å². The fraction of sp³-hybridized carbons (Fsp3) is 0.269. The van der Waals surface area contributed by atoms with E-state index in [1.807, 2.05) is 42.5 Å². The minimum Gasteiger partial charge on any atom is -0.442 e. The maximum Gasteiger partial charge on any atom is 0.414 e. The van der Waals surface area contributed by atoms with E-state index in [0.29, 0.717) is 41.1 Å². The highest BCUT2D eigenvalue weighted by Gasteiger charge is 2.35. The molecule has 2 aliphatic heterocycles. The van der Waals surface area contributed by atoms with Gasteiger partial charge in [0.25, 0.3) is 11.8 Å². The lowest BCUT2D eigenvalue weighted by Crippen LogP contribution is -2.41. The normalized spacial score (nSPS) is 17.9. The molecule has 0 radical (unpaired) electrons. The molecule has 3 heterocycles. The summed E-state index contributed by atoms with van der Waals surface area (Å²) >= 11 is 7.28. The summed E-state index contributed by atoms with van der Waals surface area (Å²) in [5.41, 5.74) is 2.39. The molecule has 1 aromatic heterocycles. The largest absolute Gasteiger partial charge is 0.442 e. The summed E-state index contributed by atoms with van der Waals surface area (Å²) in [7, 11) is 0. The molecule has 3 aromatic rings. The van der Waals surface area contributed by atoms with Crippen LogP contribution >= 0.6 is 22.9 Å². The van der Waals surface area contributed by atoms with E-state index in [9.17, 15) is 14.4 Å². The van der Waals surface area contributed by atoms with E-state index in [0.717, 1.165) is 11.3 Å². The zero-order valence-electron chi connectivity index (χ0n) is 19.3. The first-order chi connectivity index (χ1) is 17.5. The van der Waals surface area contributed by atoms with Gasteiger partial charge in [-0.05, 0) is 42.0 Å². The standard InChI is InChI=1S/C26H24ClN3O5S/c27-23-11-10-22(36-23)25(32)28(14-18-4-2-1-3-5-18)15-21-16-30(26(33)35-21)20-8-6-19(7-9-20)29-12-13-34-17-24(29)31/h1-11,21H,12-17H2/t21-/m0/s1. The Kier molecular flexibility index (Phi) is 7.22. The van der Waals surface area contributed by atoms with Gasteiger partial charge in [0, 0.05) is 24.5 Å². The molecule has 0 N–H and O–H groups in total. The van der Waals surface area contributed by atoms with Crippen LogP contribution in [0, 0.1) is 0 Å². The van der Waals surface area contributed by atoms with Crippen LogP contribution in [0.1, 0.15) is 15.2 Å². The van der Waals surface area contributed by atoms with Crippen molar-refractivity contribution < 1.29 is 23.9 Å². The van der Waals surface area contributed by atoms with Crippen molar-refractivity contribution >= 4 is 52.2 Å². The van der Waals surface area contributed by atoms with Gasteiger partial charge in [-0.1, -0.05) is 41.9 Å². The molecule has 2 aliphatic rings. The van der Waals surface area contributed by atoms with Gasteiger partial charge >= 0.3 is 6.09 Å². The van der Waals surface area contributed by atoms with Gasteiger partial charge in [0.15, 0.2) is 0 Å². The molecule has 186 valence electrons. The molecule has 2 aromatic carbocycles. The highest BCUT2D eigenvalue weighted by atomic mass is 35.5. The van der Waals surface area contributed by atoms with E-state index in [-0.39, 0.29) is 25.0 Å². The number of carbonyl (C=O) groups is 3. The third-order valence-corrected chi connectivity index (χ3v) is 7.26. The van der Waals surface area contributed by atoms with Crippen molar-refractivity contribution in [3.8, 4) is 0 Å². The lowest BCUT2D eigenvalue weighted by Gasteiger charge is -2.27.